The molecule has 0 aromatic carbocycles. The van der Waals surface area contributed by atoms with E-state index in [9.17, 15) is 14.7 Å². The highest BCUT2D eigenvalue weighted by Gasteiger charge is 2.53. The van der Waals surface area contributed by atoms with Crippen molar-refractivity contribution in [3.8, 4) is 0 Å². The molecule has 124 valence electrons. The maximum Gasteiger partial charge on any atom is 0.338 e. The Morgan fingerprint density at radius 2 is 2.05 bits per heavy atom. The molecule has 0 aromatic rings. The lowest BCUT2D eigenvalue weighted by Gasteiger charge is -2.42. The molecule has 1 heterocycles. The Bertz CT molecular complexity index is 483. The van der Waals surface area contributed by atoms with E-state index in [0.717, 1.165) is 38.5 Å². The molecule has 3 fully saturated rings. The summed E-state index contributed by atoms with van der Waals surface area (Å²) >= 11 is 0. The van der Waals surface area contributed by atoms with Crippen LogP contribution >= 0.6 is 0 Å². The number of aliphatic hydroxyl groups is 1. The summed E-state index contributed by atoms with van der Waals surface area (Å²) < 4.78 is 5.34. The van der Waals surface area contributed by atoms with Crippen molar-refractivity contribution < 1.29 is 19.4 Å². The topological polar surface area (TPSA) is 63.6 Å². The Morgan fingerprint density at radius 1 is 1.32 bits per heavy atom. The molecule has 4 nitrogen and oxygen atoms in total. The van der Waals surface area contributed by atoms with E-state index in [1.54, 1.807) is 0 Å². The van der Waals surface area contributed by atoms with E-state index >= 15 is 0 Å². The maximum atomic E-state index is 12.2. The lowest BCUT2D eigenvalue weighted by molar-refractivity contribution is -0.154. The van der Waals surface area contributed by atoms with Crippen molar-refractivity contribution in [1.29, 1.82) is 0 Å². The Hall–Kier alpha value is -0.900. The summed E-state index contributed by atoms with van der Waals surface area (Å²) in [4.78, 5) is 23.8. The van der Waals surface area contributed by atoms with Gasteiger partial charge in [0, 0.05) is 18.8 Å². The van der Waals surface area contributed by atoms with E-state index in [0.29, 0.717) is 24.0 Å². The quantitative estimate of drug-likeness (QED) is 0.814. The first-order valence-electron chi connectivity index (χ1n) is 8.70. The van der Waals surface area contributed by atoms with Crippen LogP contribution in [0.3, 0.4) is 0 Å². The average molecular weight is 308 g/mol. The first-order chi connectivity index (χ1) is 10.2. The fourth-order valence-electron chi connectivity index (χ4n) is 5.46. The van der Waals surface area contributed by atoms with Crippen LogP contribution in [0.1, 0.15) is 65.7 Å². The third kappa shape index (κ3) is 2.49. The van der Waals surface area contributed by atoms with Crippen LogP contribution in [-0.2, 0) is 14.3 Å². The van der Waals surface area contributed by atoms with Gasteiger partial charge in [0.05, 0.1) is 0 Å². The molecule has 0 bridgehead atoms. The van der Waals surface area contributed by atoms with Gasteiger partial charge < -0.3 is 9.84 Å². The number of hydrogen-bond donors (Lipinski definition) is 1. The second kappa shape index (κ2) is 5.33. The van der Waals surface area contributed by atoms with Gasteiger partial charge in [0.2, 0.25) is 0 Å². The number of esters is 1. The Balaban J connectivity index is 1.67. The predicted molar refractivity (Wildman–Crippen MR) is 82.1 cm³/mol. The zero-order valence-corrected chi connectivity index (χ0v) is 13.9. The normalized spacial score (nSPS) is 46.5. The van der Waals surface area contributed by atoms with E-state index in [2.05, 4.69) is 13.8 Å². The molecule has 2 saturated carbocycles. The summed E-state index contributed by atoms with van der Waals surface area (Å²) in [5, 5.41) is 9.97. The van der Waals surface area contributed by atoms with Crippen molar-refractivity contribution >= 4 is 11.8 Å². The number of carbonyl (C=O) groups excluding carboxylic acids is 2. The molecule has 1 aliphatic heterocycles. The van der Waals surface area contributed by atoms with Crippen LogP contribution in [-0.4, -0.2) is 28.6 Å². The zero-order chi connectivity index (χ0) is 16.1. The van der Waals surface area contributed by atoms with Crippen LogP contribution < -0.4 is 0 Å². The molecule has 22 heavy (non-hydrogen) atoms. The largest absolute Gasteiger partial charge is 0.460 e. The summed E-state index contributed by atoms with van der Waals surface area (Å²) in [5.41, 5.74) is -1.20. The molecule has 2 aliphatic carbocycles. The number of fused-ring (bicyclic) bond motifs is 1. The molecule has 3 aliphatic rings. The van der Waals surface area contributed by atoms with Crippen molar-refractivity contribution in [1.82, 2.24) is 0 Å². The number of hydrogen-bond acceptors (Lipinski definition) is 4. The van der Waals surface area contributed by atoms with Gasteiger partial charge in [-0.2, -0.15) is 0 Å². The third-order valence-corrected chi connectivity index (χ3v) is 6.60. The summed E-state index contributed by atoms with van der Waals surface area (Å²) in [6.45, 7) is 6.05. The van der Waals surface area contributed by atoms with Gasteiger partial charge >= 0.3 is 5.97 Å². The molecular formula is C18H28O4. The predicted octanol–water partition coefficient (Wildman–Crippen LogP) is 2.86. The fraction of sp³-hybridized carbons (Fsp3) is 0.889. The van der Waals surface area contributed by atoms with Crippen molar-refractivity contribution in [3.05, 3.63) is 0 Å². The highest BCUT2D eigenvalue weighted by Crippen LogP contribution is 2.57. The number of Topliss-reactive ketones (excluding diaryl/α,β-unsaturated/α-hetero) is 1. The Morgan fingerprint density at radius 3 is 2.68 bits per heavy atom. The van der Waals surface area contributed by atoms with Crippen molar-refractivity contribution in [2.75, 3.05) is 0 Å². The van der Waals surface area contributed by atoms with Gasteiger partial charge in [0.1, 0.15) is 11.9 Å². The lowest BCUT2D eigenvalue weighted by Crippen LogP contribution is -2.39. The van der Waals surface area contributed by atoms with E-state index in [-0.39, 0.29) is 17.4 Å². The molecular weight excluding hydrogens is 280 g/mol. The Kier molecular flexibility index (Phi) is 3.87. The minimum Gasteiger partial charge on any atom is -0.460 e. The molecule has 4 heteroatoms. The van der Waals surface area contributed by atoms with E-state index in [1.807, 2.05) is 0 Å². The molecule has 1 N–H and O–H groups in total. The average Bonchev–Trinajstić information content (AvgIpc) is 2.87. The van der Waals surface area contributed by atoms with Gasteiger partial charge in [-0.15, -0.1) is 0 Å². The lowest BCUT2D eigenvalue weighted by atomic mass is 9.62. The van der Waals surface area contributed by atoms with Crippen molar-refractivity contribution in [3.63, 3.8) is 0 Å². The van der Waals surface area contributed by atoms with Crippen LogP contribution in [0.4, 0.5) is 0 Å². The molecule has 3 rings (SSSR count). The van der Waals surface area contributed by atoms with Gasteiger partial charge in [0.15, 0.2) is 5.60 Å². The summed E-state index contributed by atoms with van der Waals surface area (Å²) in [6.07, 6.45) is 6.04. The monoisotopic (exact) mass is 308 g/mol. The van der Waals surface area contributed by atoms with Gasteiger partial charge in [-0.3, -0.25) is 4.79 Å². The maximum absolute atomic E-state index is 12.2. The molecule has 1 saturated heterocycles. The first-order valence-corrected chi connectivity index (χ1v) is 8.70. The summed E-state index contributed by atoms with van der Waals surface area (Å²) in [7, 11) is 0. The number of cyclic esters (lactones) is 1. The fourth-order valence-corrected chi connectivity index (χ4v) is 5.46. The zero-order valence-electron chi connectivity index (χ0n) is 13.9. The molecule has 1 unspecified atom stereocenters. The SMILES string of the molecule is CC(C[C@H]1C[C@@](C)(O)C(=O)O1)[C@H]1CC[C@H]2C(=O)CCC[C@]12C. The van der Waals surface area contributed by atoms with E-state index < -0.39 is 11.6 Å². The minimum absolute atomic E-state index is 0.125. The standard InChI is InChI=1S/C18H28O4/c1-11(9-12-10-18(3,21)16(20)22-12)13-6-7-14-15(19)5-4-8-17(13,14)2/h11-14,21H,4-10H2,1-3H3/t11?,12-,13+,14-,17+,18+/m0/s1. The van der Waals surface area contributed by atoms with Gasteiger partial charge in [-0.25, -0.2) is 4.79 Å². The van der Waals surface area contributed by atoms with E-state index in [4.69, 9.17) is 4.74 Å². The highest BCUT2D eigenvalue weighted by molar-refractivity contribution is 5.83. The van der Waals surface area contributed by atoms with Crippen LogP contribution in [0.2, 0.25) is 0 Å². The Labute approximate surface area is 132 Å². The molecule has 6 atom stereocenters. The van der Waals surface area contributed by atoms with Crippen LogP contribution in [0.15, 0.2) is 0 Å². The molecule has 0 aromatic heterocycles. The number of carbonyl (C=O) groups is 2. The smallest absolute Gasteiger partial charge is 0.338 e. The summed E-state index contributed by atoms with van der Waals surface area (Å²) in [6, 6.07) is 0. The second-order valence-corrected chi connectivity index (χ2v) is 8.28. The number of ketones is 1. The van der Waals surface area contributed by atoms with Gasteiger partial charge in [-0.1, -0.05) is 13.8 Å². The molecule has 0 spiro atoms. The highest BCUT2D eigenvalue weighted by atomic mass is 16.6. The van der Waals surface area contributed by atoms with Crippen molar-refractivity contribution in [2.24, 2.45) is 23.2 Å². The number of rotatable bonds is 3. The van der Waals surface area contributed by atoms with Crippen molar-refractivity contribution in [2.45, 2.75) is 77.4 Å². The van der Waals surface area contributed by atoms with Crippen LogP contribution in [0.5, 0.6) is 0 Å². The third-order valence-electron chi connectivity index (χ3n) is 6.60. The first kappa shape index (κ1) is 16.0. The minimum atomic E-state index is -1.33. The second-order valence-electron chi connectivity index (χ2n) is 8.28. The van der Waals surface area contributed by atoms with Gasteiger partial charge in [-0.05, 0) is 56.3 Å². The molecule has 0 radical (unpaired) electrons. The molecule has 0 amide bonds. The van der Waals surface area contributed by atoms with Crippen LogP contribution in [0.25, 0.3) is 0 Å². The van der Waals surface area contributed by atoms with E-state index in [1.165, 1.54) is 6.92 Å². The number of ether oxygens (including phenoxy) is 1. The van der Waals surface area contributed by atoms with Gasteiger partial charge in [0.25, 0.3) is 0 Å². The summed E-state index contributed by atoms with van der Waals surface area (Å²) in [5.74, 6) is 1.13. The van der Waals surface area contributed by atoms with Crippen LogP contribution in [0, 0.1) is 23.2 Å².